The average molecular weight is 898 g/mol. The standard InChI is InChI=1S/C50H59N9O7/c60-46(42-14-8-24-59(42)48(62)44(38-11-5-2-6-12-38)55-50(64)57-27-31-66-32-28-57)52-39-21-19-35(20-22-39)34-15-17-36(18-16-34)40-33-51-45(53-40)41-13-7-23-58(41)47(61)43(37-9-3-1-4-10-37)54-49(63)56-25-29-65-30-26-56/h1-6,9-12,15-19,33,39,41-44H,7-8,13-14,20-32H2,(H,51,53)(H,52,60)(H,54,63)(H,55,64). The number of hydrogen-bond donors (Lipinski definition) is 4. The first-order valence-electron chi connectivity index (χ1n) is 23.4. The molecule has 1 aliphatic carbocycles. The molecule has 4 aromatic rings. The fraction of sp³-hybridized carbons (Fsp3) is 0.440. The fourth-order valence-corrected chi connectivity index (χ4v) is 9.82. The van der Waals surface area contributed by atoms with E-state index in [1.165, 1.54) is 5.57 Å². The molecular weight excluding hydrogens is 839 g/mol. The zero-order valence-corrected chi connectivity index (χ0v) is 37.2. The van der Waals surface area contributed by atoms with Gasteiger partial charge in [0.05, 0.1) is 44.4 Å². The van der Waals surface area contributed by atoms with Crippen LogP contribution in [-0.2, 0) is 23.9 Å². The maximum absolute atomic E-state index is 14.3. The van der Waals surface area contributed by atoms with Crippen LogP contribution >= 0.6 is 0 Å². The molecule has 4 aliphatic heterocycles. The van der Waals surface area contributed by atoms with E-state index in [1.54, 1.807) is 14.7 Å². The van der Waals surface area contributed by atoms with Crippen molar-refractivity contribution < 1.29 is 33.4 Å². The van der Waals surface area contributed by atoms with Gasteiger partial charge >= 0.3 is 12.1 Å². The molecule has 0 saturated carbocycles. The van der Waals surface area contributed by atoms with E-state index >= 15 is 0 Å². The van der Waals surface area contributed by atoms with Crippen molar-refractivity contribution in [3.8, 4) is 11.3 Å². The van der Waals surface area contributed by atoms with Gasteiger partial charge in [-0.3, -0.25) is 14.4 Å². The number of aromatic amines is 1. The highest BCUT2D eigenvalue weighted by Crippen LogP contribution is 2.35. The van der Waals surface area contributed by atoms with E-state index in [9.17, 15) is 24.0 Å². The number of rotatable bonds is 11. The summed E-state index contributed by atoms with van der Waals surface area (Å²) < 4.78 is 10.8. The van der Waals surface area contributed by atoms with Crippen molar-refractivity contribution in [2.24, 2.45) is 0 Å². The Hall–Kier alpha value is -6.52. The lowest BCUT2D eigenvalue weighted by molar-refractivity contribution is -0.140. The minimum atomic E-state index is -0.911. The van der Waals surface area contributed by atoms with Crippen molar-refractivity contribution in [2.75, 3.05) is 65.7 Å². The third kappa shape index (κ3) is 10.1. The average Bonchev–Trinajstić information content (AvgIpc) is 4.19. The molecule has 7 amide bonds. The molecule has 4 N–H and O–H groups in total. The number of carbonyl (C=O) groups is 5. The molecule has 5 aliphatic rings. The summed E-state index contributed by atoms with van der Waals surface area (Å²) >= 11 is 0. The van der Waals surface area contributed by atoms with Crippen molar-refractivity contribution in [1.82, 2.24) is 45.5 Å². The minimum absolute atomic E-state index is 0.0570. The molecule has 4 saturated heterocycles. The molecule has 1 aromatic heterocycles. The van der Waals surface area contributed by atoms with Crippen LogP contribution in [0.4, 0.5) is 9.59 Å². The van der Waals surface area contributed by atoms with Crippen LogP contribution in [0.15, 0.2) is 97.2 Å². The van der Waals surface area contributed by atoms with E-state index in [-0.39, 0.29) is 41.9 Å². The Balaban J connectivity index is 0.805. The smallest absolute Gasteiger partial charge is 0.318 e. The van der Waals surface area contributed by atoms with Crippen LogP contribution in [0.2, 0.25) is 0 Å². The van der Waals surface area contributed by atoms with E-state index < -0.39 is 18.1 Å². The zero-order valence-electron chi connectivity index (χ0n) is 37.2. The number of nitrogens with zero attached hydrogens (tertiary/aromatic N) is 5. The van der Waals surface area contributed by atoms with E-state index in [0.29, 0.717) is 96.3 Å². The molecular formula is C50H59N9O7. The molecule has 5 atom stereocenters. The molecule has 346 valence electrons. The minimum Gasteiger partial charge on any atom is -0.378 e. The van der Waals surface area contributed by atoms with Crippen LogP contribution in [0.3, 0.4) is 0 Å². The summed E-state index contributed by atoms with van der Waals surface area (Å²) in [7, 11) is 0. The first-order chi connectivity index (χ1) is 32.3. The number of benzene rings is 3. The number of H-pyrrole nitrogens is 1. The third-order valence-electron chi connectivity index (χ3n) is 13.5. The zero-order chi connectivity index (χ0) is 45.4. The quantitative estimate of drug-likeness (QED) is 0.156. The Bertz CT molecular complexity index is 2360. The normalized spacial score (nSPS) is 22.0. The van der Waals surface area contributed by atoms with Gasteiger partial charge in [-0.2, -0.15) is 0 Å². The number of imidazole rings is 1. The molecule has 3 aromatic carbocycles. The van der Waals surface area contributed by atoms with Crippen molar-refractivity contribution >= 4 is 35.4 Å². The highest BCUT2D eigenvalue weighted by Gasteiger charge is 2.40. The molecule has 5 heterocycles. The summed E-state index contributed by atoms with van der Waals surface area (Å²) in [5.41, 5.74) is 5.55. The first-order valence-corrected chi connectivity index (χ1v) is 23.4. The largest absolute Gasteiger partial charge is 0.378 e. The van der Waals surface area contributed by atoms with Gasteiger partial charge in [0.15, 0.2) is 0 Å². The number of aromatic nitrogens is 2. The molecule has 16 nitrogen and oxygen atoms in total. The van der Waals surface area contributed by atoms with Crippen LogP contribution in [-0.4, -0.2) is 137 Å². The Morgan fingerprint density at radius 3 is 1.76 bits per heavy atom. The van der Waals surface area contributed by atoms with Crippen molar-refractivity contribution in [3.63, 3.8) is 0 Å². The van der Waals surface area contributed by atoms with Crippen LogP contribution in [0, 0.1) is 0 Å². The summed E-state index contributed by atoms with van der Waals surface area (Å²) in [6.07, 6.45) is 9.10. The van der Waals surface area contributed by atoms with E-state index in [2.05, 4.69) is 51.3 Å². The lowest BCUT2D eigenvalue weighted by Gasteiger charge is -2.33. The number of carbonyl (C=O) groups excluding carboxylic acids is 5. The van der Waals surface area contributed by atoms with Crippen LogP contribution < -0.4 is 16.0 Å². The van der Waals surface area contributed by atoms with Gasteiger partial charge in [-0.15, -0.1) is 0 Å². The SMILES string of the molecule is O=C(NC1CC=C(c2ccc(-c3cnc(C4CCCN4C(=O)C(NC(=O)N4CCOCC4)c4ccccc4)[nH]3)cc2)CC1)C1CCCN1C(=O)C(NC(=O)N1CCOCC1)c1ccccc1. The van der Waals surface area contributed by atoms with Gasteiger partial charge in [0.2, 0.25) is 11.8 Å². The number of amides is 7. The van der Waals surface area contributed by atoms with Crippen molar-refractivity contribution in [3.05, 3.63) is 120 Å². The maximum atomic E-state index is 14.3. The molecule has 9 rings (SSSR count). The van der Waals surface area contributed by atoms with Gasteiger partial charge in [-0.1, -0.05) is 91.0 Å². The van der Waals surface area contributed by atoms with Gasteiger partial charge in [0.1, 0.15) is 23.9 Å². The molecule has 5 unspecified atom stereocenters. The topological polar surface area (TPSA) is 182 Å². The predicted octanol–water partition coefficient (Wildman–Crippen LogP) is 5.35. The number of allylic oxidation sites excluding steroid dienone is 1. The Kier molecular flexibility index (Phi) is 14.0. The lowest BCUT2D eigenvalue weighted by Crippen LogP contribution is -2.54. The first kappa shape index (κ1) is 44.7. The van der Waals surface area contributed by atoms with Gasteiger partial charge < -0.3 is 50.0 Å². The van der Waals surface area contributed by atoms with Gasteiger partial charge in [-0.25, -0.2) is 14.6 Å². The van der Waals surface area contributed by atoms with E-state index in [1.807, 2.05) is 71.8 Å². The summed E-state index contributed by atoms with van der Waals surface area (Å²) in [4.78, 5) is 83.9. The van der Waals surface area contributed by atoms with Gasteiger partial charge in [-0.05, 0) is 72.8 Å². The van der Waals surface area contributed by atoms with Crippen molar-refractivity contribution in [1.29, 1.82) is 0 Å². The second-order valence-electron chi connectivity index (χ2n) is 17.6. The second-order valence-corrected chi connectivity index (χ2v) is 17.6. The number of urea groups is 2. The second kappa shape index (κ2) is 20.8. The van der Waals surface area contributed by atoms with Crippen molar-refractivity contribution in [2.45, 2.75) is 75.2 Å². The lowest BCUT2D eigenvalue weighted by atomic mass is 9.90. The predicted molar refractivity (Wildman–Crippen MR) is 246 cm³/mol. The number of hydrogen-bond acceptors (Lipinski definition) is 8. The number of nitrogens with one attached hydrogen (secondary N) is 4. The molecule has 66 heavy (non-hydrogen) atoms. The van der Waals surface area contributed by atoms with Crippen LogP contribution in [0.25, 0.3) is 16.8 Å². The number of likely N-dealkylation sites (tertiary alicyclic amines) is 2. The van der Waals surface area contributed by atoms with Crippen LogP contribution in [0.5, 0.6) is 0 Å². The molecule has 0 bridgehead atoms. The monoisotopic (exact) mass is 897 g/mol. The Labute approximate surface area is 385 Å². The number of morpholine rings is 2. The number of ether oxygens (including phenoxy) is 2. The van der Waals surface area contributed by atoms with Crippen LogP contribution in [0.1, 0.15) is 85.6 Å². The van der Waals surface area contributed by atoms with E-state index in [4.69, 9.17) is 14.5 Å². The Morgan fingerprint density at radius 2 is 1.18 bits per heavy atom. The van der Waals surface area contributed by atoms with E-state index in [0.717, 1.165) is 48.1 Å². The highest BCUT2D eigenvalue weighted by molar-refractivity contribution is 5.93. The maximum Gasteiger partial charge on any atom is 0.318 e. The molecule has 4 fully saturated rings. The summed E-state index contributed by atoms with van der Waals surface area (Å²) in [5, 5.41) is 9.23. The summed E-state index contributed by atoms with van der Waals surface area (Å²) in [6.45, 7) is 4.72. The van der Waals surface area contributed by atoms with Gasteiger partial charge in [0.25, 0.3) is 5.91 Å². The highest BCUT2D eigenvalue weighted by atomic mass is 16.5. The summed E-state index contributed by atoms with van der Waals surface area (Å²) in [5.74, 6) is 0.111. The molecule has 0 spiro atoms. The third-order valence-corrected chi connectivity index (χ3v) is 13.5. The Morgan fingerprint density at radius 1 is 0.636 bits per heavy atom. The van der Waals surface area contributed by atoms with Gasteiger partial charge in [0, 0.05) is 45.3 Å². The fourth-order valence-electron chi connectivity index (χ4n) is 9.82. The molecule has 16 heteroatoms. The molecule has 0 radical (unpaired) electrons. The summed E-state index contributed by atoms with van der Waals surface area (Å²) in [6, 6.07) is 23.7.